The van der Waals surface area contributed by atoms with Gasteiger partial charge in [-0.2, -0.15) is 0 Å². The average molecular weight is 325 g/mol. The Balaban J connectivity index is 1.83. The summed E-state index contributed by atoms with van der Waals surface area (Å²) in [6, 6.07) is 14.9. The predicted molar refractivity (Wildman–Crippen MR) is 98.2 cm³/mol. The van der Waals surface area contributed by atoms with Crippen molar-refractivity contribution in [3.63, 3.8) is 0 Å². The van der Waals surface area contributed by atoms with Crippen LogP contribution in [0.15, 0.2) is 48.5 Å². The molecule has 126 valence electrons. The van der Waals surface area contributed by atoms with Gasteiger partial charge in [-0.1, -0.05) is 31.5 Å². The molecule has 0 spiro atoms. The maximum atomic E-state index is 12.0. The van der Waals surface area contributed by atoms with E-state index in [0.29, 0.717) is 11.4 Å². The first-order valence-electron chi connectivity index (χ1n) is 7.95. The summed E-state index contributed by atoms with van der Waals surface area (Å²) in [5.74, 6) is -0.235. The lowest BCUT2D eigenvalue weighted by molar-refractivity contribution is -0.119. The van der Waals surface area contributed by atoms with Crippen molar-refractivity contribution >= 4 is 28.9 Å². The van der Waals surface area contributed by atoms with Gasteiger partial charge in [0.15, 0.2) is 0 Å². The van der Waals surface area contributed by atoms with E-state index >= 15 is 0 Å². The fraction of sp³-hybridized carbons (Fsp3) is 0.263. The van der Waals surface area contributed by atoms with Crippen molar-refractivity contribution in [3.05, 3.63) is 54.1 Å². The van der Waals surface area contributed by atoms with E-state index in [-0.39, 0.29) is 24.3 Å². The topological polar surface area (TPSA) is 70.2 Å². The van der Waals surface area contributed by atoms with Gasteiger partial charge >= 0.3 is 0 Å². The van der Waals surface area contributed by atoms with Crippen molar-refractivity contribution in [2.75, 3.05) is 22.5 Å². The zero-order valence-corrected chi connectivity index (χ0v) is 14.2. The van der Waals surface area contributed by atoms with Crippen LogP contribution in [-0.4, -0.2) is 18.4 Å². The van der Waals surface area contributed by atoms with Crippen LogP contribution in [0.3, 0.4) is 0 Å². The lowest BCUT2D eigenvalue weighted by atomic mass is 10.2. The first-order chi connectivity index (χ1) is 11.4. The number of nitrogens with one attached hydrogen (secondary N) is 3. The van der Waals surface area contributed by atoms with Crippen LogP contribution in [0.5, 0.6) is 0 Å². The molecule has 0 bridgehead atoms. The lowest BCUT2D eigenvalue weighted by Crippen LogP contribution is -2.21. The molecule has 0 unspecified atom stereocenters. The summed E-state index contributed by atoms with van der Waals surface area (Å²) in [7, 11) is 0. The molecule has 2 amide bonds. The highest BCUT2D eigenvalue weighted by atomic mass is 16.2. The van der Waals surface area contributed by atoms with Gasteiger partial charge in [0.2, 0.25) is 11.8 Å². The summed E-state index contributed by atoms with van der Waals surface area (Å²) in [5.41, 5.74) is 3.48. The molecule has 0 saturated carbocycles. The van der Waals surface area contributed by atoms with Crippen LogP contribution >= 0.6 is 0 Å². The molecule has 5 heteroatoms. The van der Waals surface area contributed by atoms with Gasteiger partial charge in [0, 0.05) is 23.0 Å². The molecule has 5 nitrogen and oxygen atoms in total. The molecular weight excluding hydrogens is 302 g/mol. The minimum Gasteiger partial charge on any atom is -0.376 e. The van der Waals surface area contributed by atoms with Gasteiger partial charge < -0.3 is 16.0 Å². The van der Waals surface area contributed by atoms with Gasteiger partial charge in [-0.05, 0) is 43.3 Å². The first kappa shape index (κ1) is 17.5. The van der Waals surface area contributed by atoms with E-state index in [1.54, 1.807) is 24.3 Å². The molecule has 0 heterocycles. The largest absolute Gasteiger partial charge is 0.376 e. The second-order valence-corrected chi connectivity index (χ2v) is 5.99. The number of rotatable bonds is 6. The van der Waals surface area contributed by atoms with Crippen LogP contribution in [0.2, 0.25) is 0 Å². The highest BCUT2D eigenvalue weighted by Crippen LogP contribution is 2.14. The van der Waals surface area contributed by atoms with E-state index < -0.39 is 0 Å². The molecule has 0 fully saturated rings. The van der Waals surface area contributed by atoms with E-state index in [1.807, 2.05) is 45.0 Å². The fourth-order valence-electron chi connectivity index (χ4n) is 1.98. The van der Waals surface area contributed by atoms with E-state index in [4.69, 9.17) is 0 Å². The monoisotopic (exact) mass is 325 g/mol. The second kappa shape index (κ2) is 8.15. The second-order valence-electron chi connectivity index (χ2n) is 5.99. The van der Waals surface area contributed by atoms with Crippen molar-refractivity contribution in [1.82, 2.24) is 0 Å². The molecule has 24 heavy (non-hydrogen) atoms. The molecule has 2 aromatic carbocycles. The van der Waals surface area contributed by atoms with Crippen molar-refractivity contribution in [1.29, 1.82) is 0 Å². The Hall–Kier alpha value is -2.82. The Labute approximate surface area is 142 Å². The standard InChI is InChI=1S/C19H23N3O2/c1-13(2)19(24)22-17-10-8-16(9-11-17)21-18(23)12-20-15-6-4-14(3)5-7-15/h4-11,13,20H,12H2,1-3H3,(H,21,23)(H,22,24). The SMILES string of the molecule is Cc1ccc(NCC(=O)Nc2ccc(NC(=O)C(C)C)cc2)cc1. The Bertz CT molecular complexity index is 692. The van der Waals surface area contributed by atoms with Crippen LogP contribution in [-0.2, 0) is 9.59 Å². The third-order valence-electron chi connectivity index (χ3n) is 3.47. The summed E-state index contributed by atoms with van der Waals surface area (Å²) >= 11 is 0. The van der Waals surface area contributed by atoms with E-state index in [9.17, 15) is 9.59 Å². The van der Waals surface area contributed by atoms with Gasteiger partial charge in [-0.15, -0.1) is 0 Å². The molecular formula is C19H23N3O2. The molecule has 0 saturated heterocycles. The number of benzene rings is 2. The van der Waals surface area contributed by atoms with Gasteiger partial charge in [-0.25, -0.2) is 0 Å². The number of hydrogen-bond donors (Lipinski definition) is 3. The quantitative estimate of drug-likeness (QED) is 0.759. The molecule has 0 aliphatic heterocycles. The average Bonchev–Trinajstić information content (AvgIpc) is 2.56. The van der Waals surface area contributed by atoms with Gasteiger partial charge in [-0.3, -0.25) is 9.59 Å². The van der Waals surface area contributed by atoms with Crippen molar-refractivity contribution in [2.45, 2.75) is 20.8 Å². The molecule has 0 aliphatic rings. The summed E-state index contributed by atoms with van der Waals surface area (Å²) in [6.45, 7) is 5.88. The Kier molecular flexibility index (Phi) is 5.95. The van der Waals surface area contributed by atoms with Crippen LogP contribution in [0.4, 0.5) is 17.1 Å². The van der Waals surface area contributed by atoms with Crippen LogP contribution < -0.4 is 16.0 Å². The molecule has 2 aromatic rings. The third kappa shape index (κ3) is 5.43. The smallest absolute Gasteiger partial charge is 0.243 e. The zero-order chi connectivity index (χ0) is 17.5. The number of amides is 2. The summed E-state index contributed by atoms with van der Waals surface area (Å²) < 4.78 is 0. The summed E-state index contributed by atoms with van der Waals surface area (Å²) in [5, 5.41) is 8.69. The summed E-state index contributed by atoms with van der Waals surface area (Å²) in [4.78, 5) is 23.6. The molecule has 0 radical (unpaired) electrons. The minimum absolute atomic E-state index is 0.0333. The van der Waals surface area contributed by atoms with Crippen molar-refractivity contribution in [3.8, 4) is 0 Å². The normalized spacial score (nSPS) is 10.3. The fourth-order valence-corrected chi connectivity index (χ4v) is 1.98. The molecule has 3 N–H and O–H groups in total. The highest BCUT2D eigenvalue weighted by molar-refractivity contribution is 5.95. The summed E-state index contributed by atoms with van der Waals surface area (Å²) in [6.07, 6.45) is 0. The minimum atomic E-state index is -0.130. The van der Waals surface area contributed by atoms with Gasteiger partial charge in [0.1, 0.15) is 0 Å². The van der Waals surface area contributed by atoms with Crippen LogP contribution in [0.1, 0.15) is 19.4 Å². The van der Waals surface area contributed by atoms with Gasteiger partial charge in [0.25, 0.3) is 0 Å². The molecule has 0 atom stereocenters. The van der Waals surface area contributed by atoms with Crippen LogP contribution in [0, 0.1) is 12.8 Å². The predicted octanol–water partition coefficient (Wildman–Crippen LogP) is 3.64. The first-order valence-corrected chi connectivity index (χ1v) is 7.95. The number of hydrogen-bond acceptors (Lipinski definition) is 3. The van der Waals surface area contributed by atoms with E-state index in [0.717, 1.165) is 5.69 Å². The molecule has 0 aromatic heterocycles. The third-order valence-corrected chi connectivity index (χ3v) is 3.47. The molecule has 0 aliphatic carbocycles. The number of carbonyl (C=O) groups is 2. The van der Waals surface area contributed by atoms with Crippen LogP contribution in [0.25, 0.3) is 0 Å². The molecule has 2 rings (SSSR count). The lowest BCUT2D eigenvalue weighted by Gasteiger charge is -2.10. The van der Waals surface area contributed by atoms with Crippen molar-refractivity contribution < 1.29 is 9.59 Å². The van der Waals surface area contributed by atoms with Gasteiger partial charge in [0.05, 0.1) is 6.54 Å². The Morgan fingerprint density at radius 3 is 1.88 bits per heavy atom. The maximum Gasteiger partial charge on any atom is 0.243 e. The number of anilines is 3. The number of carbonyl (C=O) groups excluding carboxylic acids is 2. The number of aryl methyl sites for hydroxylation is 1. The highest BCUT2D eigenvalue weighted by Gasteiger charge is 2.07. The Morgan fingerprint density at radius 2 is 1.33 bits per heavy atom. The Morgan fingerprint density at radius 1 is 0.833 bits per heavy atom. The van der Waals surface area contributed by atoms with E-state index in [1.165, 1.54) is 5.56 Å². The van der Waals surface area contributed by atoms with E-state index in [2.05, 4.69) is 16.0 Å². The maximum absolute atomic E-state index is 12.0. The zero-order valence-electron chi connectivity index (χ0n) is 14.2. The van der Waals surface area contributed by atoms with Crippen molar-refractivity contribution in [2.24, 2.45) is 5.92 Å².